The van der Waals surface area contributed by atoms with Crippen molar-refractivity contribution in [1.29, 1.82) is 0 Å². The summed E-state index contributed by atoms with van der Waals surface area (Å²) in [5, 5.41) is 5.86. The van der Waals surface area contributed by atoms with Crippen LogP contribution in [0.1, 0.15) is 10.5 Å². The number of aromatic nitrogens is 1. The number of methoxy groups -OCH3 is 1. The highest BCUT2D eigenvalue weighted by Crippen LogP contribution is 2.26. The molecule has 1 heterocycles. The summed E-state index contributed by atoms with van der Waals surface area (Å²) in [6, 6.07) is 7.32. The molecule has 0 aliphatic heterocycles. The third kappa shape index (κ3) is 2.75. The van der Waals surface area contributed by atoms with Gasteiger partial charge in [-0.2, -0.15) is 0 Å². The number of carbonyl (C=O) groups is 1. The van der Waals surface area contributed by atoms with Gasteiger partial charge in [0.15, 0.2) is 10.8 Å². The molecular formula is C11H9ClN2O2S. The van der Waals surface area contributed by atoms with E-state index in [0.717, 1.165) is 5.69 Å². The van der Waals surface area contributed by atoms with Crippen molar-refractivity contribution in [3.63, 3.8) is 0 Å². The molecule has 0 fully saturated rings. The van der Waals surface area contributed by atoms with Gasteiger partial charge in [-0.25, -0.2) is 9.78 Å². The number of nitrogens with zero attached hydrogens (tertiary/aromatic N) is 1. The Morgan fingerprint density at radius 2 is 2.24 bits per heavy atom. The van der Waals surface area contributed by atoms with E-state index in [1.54, 1.807) is 11.4 Å². The van der Waals surface area contributed by atoms with Crippen molar-refractivity contribution in [3.8, 4) is 0 Å². The van der Waals surface area contributed by atoms with E-state index in [1.807, 2.05) is 18.2 Å². The van der Waals surface area contributed by atoms with Gasteiger partial charge in [0, 0.05) is 5.38 Å². The average molecular weight is 269 g/mol. The van der Waals surface area contributed by atoms with Gasteiger partial charge >= 0.3 is 5.97 Å². The normalized spacial score (nSPS) is 10.0. The molecule has 1 N–H and O–H groups in total. The molecular weight excluding hydrogens is 260 g/mol. The first-order chi connectivity index (χ1) is 8.20. The van der Waals surface area contributed by atoms with Crippen molar-refractivity contribution < 1.29 is 9.53 Å². The van der Waals surface area contributed by atoms with Crippen molar-refractivity contribution in [2.24, 2.45) is 0 Å². The maximum absolute atomic E-state index is 11.2. The molecule has 6 heteroatoms. The van der Waals surface area contributed by atoms with Crippen LogP contribution in [0.2, 0.25) is 5.02 Å². The fourth-order valence-corrected chi connectivity index (χ4v) is 2.08. The zero-order valence-corrected chi connectivity index (χ0v) is 10.5. The number of ether oxygens (including phenoxy) is 1. The number of thiazole rings is 1. The van der Waals surface area contributed by atoms with E-state index in [-0.39, 0.29) is 5.69 Å². The fraction of sp³-hybridized carbons (Fsp3) is 0.0909. The third-order valence-corrected chi connectivity index (χ3v) is 3.10. The number of nitrogens with one attached hydrogen (secondary N) is 1. The highest BCUT2D eigenvalue weighted by Gasteiger charge is 2.11. The lowest BCUT2D eigenvalue weighted by Gasteiger charge is -2.03. The number of hydrogen-bond donors (Lipinski definition) is 1. The smallest absolute Gasteiger partial charge is 0.357 e. The Bertz CT molecular complexity index is 542. The molecule has 17 heavy (non-hydrogen) atoms. The Hall–Kier alpha value is -1.59. The molecule has 1 aromatic heterocycles. The van der Waals surface area contributed by atoms with Crippen molar-refractivity contribution in [3.05, 3.63) is 40.4 Å². The first-order valence-electron chi connectivity index (χ1n) is 4.76. The molecule has 0 saturated carbocycles. The molecule has 0 saturated heterocycles. The number of para-hydroxylation sites is 1. The summed E-state index contributed by atoms with van der Waals surface area (Å²) >= 11 is 7.31. The second-order valence-electron chi connectivity index (χ2n) is 3.13. The minimum absolute atomic E-state index is 0.284. The third-order valence-electron chi connectivity index (χ3n) is 2.01. The average Bonchev–Trinajstić information content (AvgIpc) is 2.80. The fourth-order valence-electron chi connectivity index (χ4n) is 1.21. The molecule has 0 bridgehead atoms. The highest BCUT2D eigenvalue weighted by atomic mass is 35.5. The Morgan fingerprint density at radius 3 is 2.94 bits per heavy atom. The topological polar surface area (TPSA) is 51.2 Å². The van der Waals surface area contributed by atoms with Gasteiger partial charge in [0.2, 0.25) is 0 Å². The van der Waals surface area contributed by atoms with Gasteiger partial charge in [-0.1, -0.05) is 23.7 Å². The summed E-state index contributed by atoms with van der Waals surface area (Å²) in [5.74, 6) is -0.451. The molecule has 4 nitrogen and oxygen atoms in total. The zero-order chi connectivity index (χ0) is 12.3. The summed E-state index contributed by atoms with van der Waals surface area (Å²) in [7, 11) is 1.32. The van der Waals surface area contributed by atoms with Crippen LogP contribution in [-0.4, -0.2) is 18.1 Å². The summed E-state index contributed by atoms with van der Waals surface area (Å²) in [5.41, 5.74) is 1.03. The summed E-state index contributed by atoms with van der Waals surface area (Å²) in [4.78, 5) is 15.3. The van der Waals surface area contributed by atoms with Crippen molar-refractivity contribution in [2.45, 2.75) is 0 Å². The van der Waals surface area contributed by atoms with Crippen LogP contribution in [0.4, 0.5) is 10.8 Å². The van der Waals surface area contributed by atoms with Crippen LogP contribution < -0.4 is 5.32 Å². The van der Waals surface area contributed by atoms with E-state index in [2.05, 4.69) is 15.0 Å². The molecule has 2 rings (SSSR count). The van der Waals surface area contributed by atoms with Gasteiger partial charge < -0.3 is 10.1 Å². The predicted molar refractivity (Wildman–Crippen MR) is 68.2 cm³/mol. The number of rotatable bonds is 3. The molecule has 0 aliphatic carbocycles. The van der Waals surface area contributed by atoms with Crippen LogP contribution in [0.5, 0.6) is 0 Å². The van der Waals surface area contributed by atoms with Crippen LogP contribution in [0.25, 0.3) is 0 Å². The molecule has 0 radical (unpaired) electrons. The van der Waals surface area contributed by atoms with E-state index >= 15 is 0 Å². The van der Waals surface area contributed by atoms with Crippen molar-refractivity contribution >= 4 is 39.7 Å². The molecule has 1 aromatic carbocycles. The molecule has 88 valence electrons. The highest BCUT2D eigenvalue weighted by molar-refractivity contribution is 7.14. The van der Waals surface area contributed by atoms with Crippen LogP contribution in [-0.2, 0) is 4.74 Å². The van der Waals surface area contributed by atoms with Gasteiger partial charge in [0.1, 0.15) is 0 Å². The van der Waals surface area contributed by atoms with Gasteiger partial charge in [-0.15, -0.1) is 11.3 Å². The Morgan fingerprint density at radius 1 is 1.47 bits per heavy atom. The zero-order valence-electron chi connectivity index (χ0n) is 8.94. The summed E-state index contributed by atoms with van der Waals surface area (Å²) in [6.45, 7) is 0. The molecule has 2 aromatic rings. The molecule has 0 spiro atoms. The SMILES string of the molecule is COC(=O)c1csc(Nc2ccccc2Cl)n1. The number of hydrogen-bond acceptors (Lipinski definition) is 5. The number of esters is 1. The first kappa shape index (κ1) is 11.9. The standard InChI is InChI=1S/C11H9ClN2O2S/c1-16-10(15)9-6-17-11(14-9)13-8-5-3-2-4-7(8)12/h2-6H,1H3,(H,13,14). The van der Waals surface area contributed by atoms with Crippen LogP contribution >= 0.6 is 22.9 Å². The summed E-state index contributed by atoms with van der Waals surface area (Å²) < 4.78 is 4.57. The van der Waals surface area contributed by atoms with Gasteiger partial charge in [-0.05, 0) is 12.1 Å². The maximum atomic E-state index is 11.2. The van der Waals surface area contributed by atoms with Crippen LogP contribution in [0.15, 0.2) is 29.6 Å². The number of anilines is 2. The molecule has 0 atom stereocenters. The Labute approximate surface area is 107 Å². The monoisotopic (exact) mass is 268 g/mol. The Kier molecular flexibility index (Phi) is 3.61. The van der Waals surface area contributed by atoms with E-state index in [0.29, 0.717) is 10.2 Å². The van der Waals surface area contributed by atoms with Crippen LogP contribution in [0.3, 0.4) is 0 Å². The van der Waals surface area contributed by atoms with Gasteiger partial charge in [-0.3, -0.25) is 0 Å². The number of carbonyl (C=O) groups excluding carboxylic acids is 1. The lowest BCUT2D eigenvalue weighted by Crippen LogP contribution is -2.01. The predicted octanol–water partition coefficient (Wildman–Crippen LogP) is 3.33. The minimum Gasteiger partial charge on any atom is -0.464 e. The van der Waals surface area contributed by atoms with E-state index < -0.39 is 5.97 Å². The van der Waals surface area contributed by atoms with E-state index in [1.165, 1.54) is 18.4 Å². The molecule has 0 amide bonds. The molecule has 0 aliphatic rings. The second kappa shape index (κ2) is 5.16. The second-order valence-corrected chi connectivity index (χ2v) is 4.40. The van der Waals surface area contributed by atoms with Crippen molar-refractivity contribution in [1.82, 2.24) is 4.98 Å². The van der Waals surface area contributed by atoms with Crippen molar-refractivity contribution in [2.75, 3.05) is 12.4 Å². The lowest BCUT2D eigenvalue weighted by atomic mass is 10.3. The number of halogens is 1. The van der Waals surface area contributed by atoms with E-state index in [9.17, 15) is 4.79 Å². The number of benzene rings is 1. The lowest BCUT2D eigenvalue weighted by molar-refractivity contribution is 0.0595. The van der Waals surface area contributed by atoms with Crippen LogP contribution in [0, 0.1) is 0 Å². The summed E-state index contributed by atoms with van der Waals surface area (Å²) in [6.07, 6.45) is 0. The van der Waals surface area contributed by atoms with E-state index in [4.69, 9.17) is 11.6 Å². The molecule has 0 unspecified atom stereocenters. The minimum atomic E-state index is -0.451. The first-order valence-corrected chi connectivity index (χ1v) is 6.02. The maximum Gasteiger partial charge on any atom is 0.357 e. The Balaban J connectivity index is 2.17. The quantitative estimate of drug-likeness (QED) is 0.868. The van der Waals surface area contributed by atoms with Gasteiger partial charge in [0.25, 0.3) is 0 Å². The largest absolute Gasteiger partial charge is 0.464 e. The van der Waals surface area contributed by atoms with Gasteiger partial charge in [0.05, 0.1) is 17.8 Å².